The van der Waals surface area contributed by atoms with Crippen molar-refractivity contribution in [1.82, 2.24) is 15.1 Å². The molecule has 5 nitrogen and oxygen atoms in total. The molecule has 0 spiro atoms. The minimum absolute atomic E-state index is 0.0121. The molecule has 3 rings (SSSR count). The summed E-state index contributed by atoms with van der Waals surface area (Å²) in [7, 11) is 1.85. The first-order valence-electron chi connectivity index (χ1n) is 9.86. The molecule has 1 atom stereocenters. The Hall–Kier alpha value is -2.66. The zero-order valence-corrected chi connectivity index (χ0v) is 16.8. The molecular weight excluding hydrogens is 350 g/mol. The predicted octanol–water partition coefficient (Wildman–Crippen LogP) is 2.69. The molecule has 0 saturated carbocycles. The molecule has 1 saturated heterocycles. The van der Waals surface area contributed by atoms with Crippen molar-refractivity contribution >= 4 is 11.8 Å². The Morgan fingerprint density at radius 2 is 1.61 bits per heavy atom. The number of rotatable bonds is 6. The van der Waals surface area contributed by atoms with Gasteiger partial charge in [0, 0.05) is 20.1 Å². The smallest absolute Gasteiger partial charge is 0.237 e. The molecule has 28 heavy (non-hydrogen) atoms. The van der Waals surface area contributed by atoms with Crippen molar-refractivity contribution in [1.29, 1.82) is 0 Å². The highest BCUT2D eigenvalue weighted by Gasteiger charge is 2.34. The van der Waals surface area contributed by atoms with Gasteiger partial charge in [0.25, 0.3) is 0 Å². The van der Waals surface area contributed by atoms with Gasteiger partial charge in [-0.25, -0.2) is 0 Å². The van der Waals surface area contributed by atoms with Crippen molar-refractivity contribution in [2.24, 2.45) is 5.92 Å². The lowest BCUT2D eigenvalue weighted by molar-refractivity contribution is -0.137. The van der Waals surface area contributed by atoms with Gasteiger partial charge >= 0.3 is 0 Å². The molecule has 0 bridgehead atoms. The molecule has 2 amide bonds. The number of nitrogens with zero attached hydrogens (tertiary/aromatic N) is 2. The lowest BCUT2D eigenvalue weighted by Gasteiger charge is -2.38. The summed E-state index contributed by atoms with van der Waals surface area (Å²) in [6, 6.07) is 19.7. The third-order valence-corrected chi connectivity index (χ3v) is 5.34. The summed E-state index contributed by atoms with van der Waals surface area (Å²) in [4.78, 5) is 29.3. The highest BCUT2D eigenvalue weighted by Crippen LogP contribution is 2.28. The fraction of sp³-hybridized carbons (Fsp3) is 0.391. The predicted molar refractivity (Wildman–Crippen MR) is 111 cm³/mol. The third-order valence-electron chi connectivity index (χ3n) is 5.34. The maximum atomic E-state index is 13.2. The quantitative estimate of drug-likeness (QED) is 0.840. The number of amides is 2. The molecule has 2 aromatic carbocycles. The average Bonchev–Trinajstić information content (AvgIpc) is 2.69. The number of piperazine rings is 1. The van der Waals surface area contributed by atoms with Gasteiger partial charge in [-0.1, -0.05) is 74.5 Å². The van der Waals surface area contributed by atoms with Crippen LogP contribution in [0.3, 0.4) is 0 Å². The van der Waals surface area contributed by atoms with Gasteiger partial charge in [0.1, 0.15) is 0 Å². The highest BCUT2D eigenvalue weighted by atomic mass is 16.2. The number of likely N-dealkylation sites (N-methyl/N-ethyl adjacent to an activating group) is 1. The van der Waals surface area contributed by atoms with E-state index in [1.807, 2.05) is 86.5 Å². The fourth-order valence-corrected chi connectivity index (χ4v) is 3.97. The minimum atomic E-state index is -0.266. The van der Waals surface area contributed by atoms with E-state index in [0.29, 0.717) is 13.1 Å². The van der Waals surface area contributed by atoms with Crippen molar-refractivity contribution in [3.05, 3.63) is 71.8 Å². The lowest BCUT2D eigenvalue weighted by Crippen LogP contribution is -2.59. The summed E-state index contributed by atoms with van der Waals surface area (Å²) in [6.45, 7) is 5.55. The molecule has 1 aliphatic heterocycles. The van der Waals surface area contributed by atoms with Crippen LogP contribution in [0.5, 0.6) is 0 Å². The summed E-state index contributed by atoms with van der Waals surface area (Å²) in [5.41, 5.74) is 2.14. The molecule has 1 aliphatic rings. The van der Waals surface area contributed by atoms with Crippen LogP contribution in [0.2, 0.25) is 0 Å². The fourth-order valence-electron chi connectivity index (χ4n) is 3.97. The molecule has 1 N–H and O–H groups in total. The maximum Gasteiger partial charge on any atom is 0.237 e. The van der Waals surface area contributed by atoms with Crippen LogP contribution in [-0.4, -0.2) is 54.3 Å². The molecule has 0 radical (unpaired) electrons. The van der Waals surface area contributed by atoms with E-state index in [0.717, 1.165) is 11.1 Å². The molecular formula is C23H29N3O2. The van der Waals surface area contributed by atoms with Gasteiger partial charge in [0.2, 0.25) is 11.8 Å². The highest BCUT2D eigenvalue weighted by molar-refractivity contribution is 5.85. The van der Waals surface area contributed by atoms with E-state index in [4.69, 9.17) is 0 Å². The second-order valence-electron chi connectivity index (χ2n) is 7.68. The maximum absolute atomic E-state index is 13.2. The standard InChI is InChI=1S/C23H29N3O2/c1-17(2)21-23(28)24-14-15-26(21)16-20(27)25(3)22(18-10-6-4-7-11-18)19-12-8-5-9-13-19/h4-13,17,21-22H,14-16H2,1-3H3,(H,24,28). The van der Waals surface area contributed by atoms with Crippen molar-refractivity contribution < 1.29 is 9.59 Å². The van der Waals surface area contributed by atoms with Crippen molar-refractivity contribution in [2.75, 3.05) is 26.7 Å². The van der Waals surface area contributed by atoms with Crippen LogP contribution in [0.25, 0.3) is 0 Å². The number of hydrogen-bond donors (Lipinski definition) is 1. The van der Waals surface area contributed by atoms with Crippen LogP contribution < -0.4 is 5.32 Å². The van der Waals surface area contributed by atoms with Crippen LogP contribution in [0, 0.1) is 5.92 Å². The zero-order valence-electron chi connectivity index (χ0n) is 16.8. The lowest BCUT2D eigenvalue weighted by atomic mass is 9.97. The second kappa shape index (κ2) is 9.02. The van der Waals surface area contributed by atoms with E-state index >= 15 is 0 Å². The van der Waals surface area contributed by atoms with Crippen LogP contribution in [0.15, 0.2) is 60.7 Å². The van der Waals surface area contributed by atoms with E-state index in [-0.39, 0.29) is 36.4 Å². The van der Waals surface area contributed by atoms with E-state index in [1.165, 1.54) is 0 Å². The first kappa shape index (κ1) is 20.1. The molecule has 0 aliphatic carbocycles. The van der Waals surface area contributed by atoms with Gasteiger partial charge in [-0.2, -0.15) is 0 Å². The summed E-state index contributed by atoms with van der Waals surface area (Å²) < 4.78 is 0. The largest absolute Gasteiger partial charge is 0.353 e. The zero-order chi connectivity index (χ0) is 20.1. The summed E-state index contributed by atoms with van der Waals surface area (Å²) >= 11 is 0. The normalized spacial score (nSPS) is 17.6. The molecule has 1 heterocycles. The SMILES string of the molecule is CC(C)C1C(=O)NCCN1CC(=O)N(C)C(c1ccccc1)c1ccccc1. The first-order valence-corrected chi connectivity index (χ1v) is 9.86. The number of carbonyl (C=O) groups excluding carboxylic acids is 2. The van der Waals surface area contributed by atoms with Crippen molar-refractivity contribution in [2.45, 2.75) is 25.9 Å². The summed E-state index contributed by atoms with van der Waals surface area (Å²) in [5.74, 6) is 0.176. The van der Waals surface area contributed by atoms with Crippen molar-refractivity contribution in [3.63, 3.8) is 0 Å². The van der Waals surface area contributed by atoms with Gasteiger partial charge in [0.05, 0.1) is 18.6 Å². The van der Waals surface area contributed by atoms with E-state index in [2.05, 4.69) is 5.32 Å². The number of nitrogens with one attached hydrogen (secondary N) is 1. The Balaban J connectivity index is 1.83. The van der Waals surface area contributed by atoms with Gasteiger partial charge in [0.15, 0.2) is 0 Å². The Morgan fingerprint density at radius 1 is 1.07 bits per heavy atom. The molecule has 148 valence electrons. The van der Waals surface area contributed by atoms with Crippen LogP contribution in [-0.2, 0) is 9.59 Å². The second-order valence-corrected chi connectivity index (χ2v) is 7.68. The Labute approximate surface area is 167 Å². The molecule has 1 unspecified atom stereocenters. The van der Waals surface area contributed by atoms with Crippen molar-refractivity contribution in [3.8, 4) is 0 Å². The summed E-state index contributed by atoms with van der Waals surface area (Å²) in [5, 5.41) is 2.91. The topological polar surface area (TPSA) is 52.7 Å². The van der Waals surface area contributed by atoms with E-state index in [1.54, 1.807) is 4.90 Å². The molecule has 0 aromatic heterocycles. The monoisotopic (exact) mass is 379 g/mol. The number of carbonyl (C=O) groups is 2. The Bertz CT molecular complexity index is 753. The first-order chi connectivity index (χ1) is 13.5. The Kier molecular flexibility index (Phi) is 6.47. The number of hydrogen-bond acceptors (Lipinski definition) is 3. The third kappa shape index (κ3) is 4.42. The number of benzene rings is 2. The van der Waals surface area contributed by atoms with Crippen LogP contribution in [0.1, 0.15) is 31.0 Å². The molecule has 5 heteroatoms. The minimum Gasteiger partial charge on any atom is -0.353 e. The molecule has 2 aromatic rings. The van der Waals surface area contributed by atoms with Gasteiger partial charge in [-0.15, -0.1) is 0 Å². The molecule has 1 fully saturated rings. The summed E-state index contributed by atoms with van der Waals surface area (Å²) in [6.07, 6.45) is 0. The van der Waals surface area contributed by atoms with Crippen LogP contribution >= 0.6 is 0 Å². The Morgan fingerprint density at radius 3 is 2.11 bits per heavy atom. The average molecular weight is 380 g/mol. The van der Waals surface area contributed by atoms with Gasteiger partial charge < -0.3 is 10.2 Å². The van der Waals surface area contributed by atoms with E-state index < -0.39 is 0 Å². The van der Waals surface area contributed by atoms with Crippen LogP contribution in [0.4, 0.5) is 0 Å². The van der Waals surface area contributed by atoms with Gasteiger partial charge in [-0.3, -0.25) is 14.5 Å². The van der Waals surface area contributed by atoms with E-state index in [9.17, 15) is 9.59 Å². The van der Waals surface area contributed by atoms with Gasteiger partial charge in [-0.05, 0) is 17.0 Å².